The summed E-state index contributed by atoms with van der Waals surface area (Å²) in [5.74, 6) is 0. The van der Waals surface area contributed by atoms with Crippen LogP contribution in [0.5, 0.6) is 0 Å². The van der Waals surface area contributed by atoms with Gasteiger partial charge < -0.3 is 4.74 Å². The van der Waals surface area contributed by atoms with Gasteiger partial charge in [-0.2, -0.15) is 0 Å². The van der Waals surface area contributed by atoms with E-state index in [1.807, 2.05) is 51.1 Å². The standard InChI is InChI=1S/C17H27NO2/c1-6-7-11-14(2)18(15-12-9-8-10-13-15)16(19)20-17(3,4)5/h8-10,12-14H,6-7,11H2,1-5H3. The van der Waals surface area contributed by atoms with Crippen LogP contribution < -0.4 is 4.90 Å². The van der Waals surface area contributed by atoms with Crippen LogP contribution >= 0.6 is 0 Å². The van der Waals surface area contributed by atoms with Gasteiger partial charge in [-0.25, -0.2) is 4.79 Å². The van der Waals surface area contributed by atoms with Crippen molar-refractivity contribution in [3.05, 3.63) is 30.3 Å². The van der Waals surface area contributed by atoms with E-state index < -0.39 is 5.60 Å². The number of anilines is 1. The van der Waals surface area contributed by atoms with Crippen LogP contribution in [0.1, 0.15) is 53.9 Å². The maximum Gasteiger partial charge on any atom is 0.415 e. The number of carbonyl (C=O) groups excluding carboxylic acids is 1. The van der Waals surface area contributed by atoms with E-state index in [0.29, 0.717) is 0 Å². The minimum atomic E-state index is -0.478. The lowest BCUT2D eigenvalue weighted by molar-refractivity contribution is 0.0566. The molecule has 0 saturated carbocycles. The van der Waals surface area contributed by atoms with Crippen molar-refractivity contribution >= 4 is 11.8 Å². The Morgan fingerprint density at radius 1 is 1.25 bits per heavy atom. The summed E-state index contributed by atoms with van der Waals surface area (Å²) in [5, 5.41) is 0. The van der Waals surface area contributed by atoms with Crippen molar-refractivity contribution in [2.45, 2.75) is 65.5 Å². The molecule has 20 heavy (non-hydrogen) atoms. The Balaban J connectivity index is 2.93. The van der Waals surface area contributed by atoms with Crippen LogP contribution in [0.3, 0.4) is 0 Å². The zero-order chi connectivity index (χ0) is 15.2. The maximum absolute atomic E-state index is 12.5. The molecule has 0 radical (unpaired) electrons. The van der Waals surface area contributed by atoms with Gasteiger partial charge in [0.15, 0.2) is 0 Å². The molecule has 0 aromatic heterocycles. The highest BCUT2D eigenvalue weighted by molar-refractivity contribution is 5.88. The molecule has 1 amide bonds. The van der Waals surface area contributed by atoms with E-state index in [4.69, 9.17) is 4.74 Å². The van der Waals surface area contributed by atoms with Crippen molar-refractivity contribution in [3.8, 4) is 0 Å². The van der Waals surface area contributed by atoms with Crippen LogP contribution in [0.25, 0.3) is 0 Å². The highest BCUT2D eigenvalue weighted by atomic mass is 16.6. The molecular formula is C17H27NO2. The first-order valence-corrected chi connectivity index (χ1v) is 7.42. The zero-order valence-corrected chi connectivity index (χ0v) is 13.3. The molecule has 0 aliphatic rings. The summed E-state index contributed by atoms with van der Waals surface area (Å²) in [6.07, 6.45) is 2.94. The average molecular weight is 277 g/mol. The lowest BCUT2D eigenvalue weighted by Crippen LogP contribution is -2.42. The summed E-state index contributed by atoms with van der Waals surface area (Å²) in [6.45, 7) is 9.92. The third kappa shape index (κ3) is 5.24. The third-order valence-corrected chi connectivity index (χ3v) is 3.04. The van der Waals surface area contributed by atoms with E-state index in [-0.39, 0.29) is 12.1 Å². The molecule has 0 N–H and O–H groups in total. The van der Waals surface area contributed by atoms with Crippen molar-refractivity contribution < 1.29 is 9.53 Å². The topological polar surface area (TPSA) is 29.5 Å². The van der Waals surface area contributed by atoms with Gasteiger partial charge in [-0.1, -0.05) is 38.0 Å². The lowest BCUT2D eigenvalue weighted by Gasteiger charge is -2.31. The van der Waals surface area contributed by atoms with Crippen molar-refractivity contribution in [2.75, 3.05) is 4.90 Å². The van der Waals surface area contributed by atoms with Crippen LogP contribution in [-0.2, 0) is 4.74 Å². The maximum atomic E-state index is 12.5. The molecule has 112 valence electrons. The molecule has 1 atom stereocenters. The predicted octanol–water partition coefficient (Wildman–Crippen LogP) is 5.01. The Labute approximate surface area is 122 Å². The molecule has 0 spiro atoms. The van der Waals surface area contributed by atoms with Gasteiger partial charge in [0.1, 0.15) is 5.60 Å². The van der Waals surface area contributed by atoms with Crippen LogP contribution in [0.2, 0.25) is 0 Å². The fourth-order valence-electron chi connectivity index (χ4n) is 2.07. The summed E-state index contributed by atoms with van der Waals surface area (Å²) in [4.78, 5) is 14.2. The van der Waals surface area contributed by atoms with Crippen LogP contribution in [-0.4, -0.2) is 17.7 Å². The van der Waals surface area contributed by atoms with Gasteiger partial charge in [0, 0.05) is 11.7 Å². The van der Waals surface area contributed by atoms with E-state index in [2.05, 4.69) is 13.8 Å². The molecule has 0 fully saturated rings. The zero-order valence-electron chi connectivity index (χ0n) is 13.3. The van der Waals surface area contributed by atoms with Gasteiger partial charge in [0.2, 0.25) is 0 Å². The average Bonchev–Trinajstić information content (AvgIpc) is 2.35. The number of hydrogen-bond acceptors (Lipinski definition) is 2. The number of amides is 1. The summed E-state index contributed by atoms with van der Waals surface area (Å²) >= 11 is 0. The normalized spacial score (nSPS) is 12.8. The molecule has 1 rings (SSSR count). The van der Waals surface area contributed by atoms with Crippen molar-refractivity contribution in [1.29, 1.82) is 0 Å². The highest BCUT2D eigenvalue weighted by Crippen LogP contribution is 2.22. The molecule has 1 unspecified atom stereocenters. The highest BCUT2D eigenvalue weighted by Gasteiger charge is 2.26. The van der Waals surface area contributed by atoms with E-state index in [9.17, 15) is 4.79 Å². The monoisotopic (exact) mass is 277 g/mol. The number of nitrogens with zero attached hydrogens (tertiary/aromatic N) is 1. The Hall–Kier alpha value is -1.51. The first-order valence-electron chi connectivity index (χ1n) is 7.42. The van der Waals surface area contributed by atoms with E-state index in [1.54, 1.807) is 4.90 Å². The molecule has 3 heteroatoms. The number of benzene rings is 1. The molecule has 0 heterocycles. The number of hydrogen-bond donors (Lipinski definition) is 0. The van der Waals surface area contributed by atoms with Gasteiger partial charge in [-0.05, 0) is 46.2 Å². The Kier molecular flexibility index (Phi) is 6.05. The first kappa shape index (κ1) is 16.5. The fourth-order valence-corrected chi connectivity index (χ4v) is 2.07. The van der Waals surface area contributed by atoms with E-state index in [0.717, 1.165) is 24.9 Å². The Bertz CT molecular complexity index is 409. The molecule has 0 bridgehead atoms. The molecule has 3 nitrogen and oxygen atoms in total. The summed E-state index contributed by atoms with van der Waals surface area (Å²) in [7, 11) is 0. The van der Waals surface area contributed by atoms with E-state index in [1.165, 1.54) is 0 Å². The number of carbonyl (C=O) groups is 1. The molecule has 1 aromatic rings. The van der Waals surface area contributed by atoms with Crippen LogP contribution in [0.4, 0.5) is 10.5 Å². The number of unbranched alkanes of at least 4 members (excludes halogenated alkanes) is 1. The minimum Gasteiger partial charge on any atom is -0.443 e. The van der Waals surface area contributed by atoms with Crippen LogP contribution in [0.15, 0.2) is 30.3 Å². The van der Waals surface area contributed by atoms with Crippen LogP contribution in [0, 0.1) is 0 Å². The second-order valence-corrected chi connectivity index (χ2v) is 6.18. The molecular weight excluding hydrogens is 250 g/mol. The van der Waals surface area contributed by atoms with Gasteiger partial charge >= 0.3 is 6.09 Å². The second kappa shape index (κ2) is 7.32. The van der Waals surface area contributed by atoms with Gasteiger partial charge in [-0.15, -0.1) is 0 Å². The fraction of sp³-hybridized carbons (Fsp3) is 0.588. The number of rotatable bonds is 5. The first-order chi connectivity index (χ1) is 9.35. The molecule has 0 saturated heterocycles. The second-order valence-electron chi connectivity index (χ2n) is 6.18. The number of ether oxygens (including phenoxy) is 1. The summed E-state index contributed by atoms with van der Waals surface area (Å²) < 4.78 is 5.54. The van der Waals surface area contributed by atoms with E-state index >= 15 is 0 Å². The quantitative estimate of drug-likeness (QED) is 0.757. The summed E-state index contributed by atoms with van der Waals surface area (Å²) in [5.41, 5.74) is 0.416. The van der Waals surface area contributed by atoms with Crippen molar-refractivity contribution in [1.82, 2.24) is 0 Å². The SMILES string of the molecule is CCCCC(C)N(C(=O)OC(C)(C)C)c1ccccc1. The predicted molar refractivity (Wildman–Crippen MR) is 84.1 cm³/mol. The molecule has 0 aliphatic carbocycles. The Morgan fingerprint density at radius 2 is 1.85 bits per heavy atom. The van der Waals surface area contributed by atoms with Gasteiger partial charge in [-0.3, -0.25) is 4.90 Å². The minimum absolute atomic E-state index is 0.132. The Morgan fingerprint density at radius 3 is 2.35 bits per heavy atom. The largest absolute Gasteiger partial charge is 0.443 e. The molecule has 0 aliphatic heterocycles. The van der Waals surface area contributed by atoms with Gasteiger partial charge in [0.25, 0.3) is 0 Å². The smallest absolute Gasteiger partial charge is 0.415 e. The third-order valence-electron chi connectivity index (χ3n) is 3.04. The van der Waals surface area contributed by atoms with Crippen molar-refractivity contribution in [2.24, 2.45) is 0 Å². The number of para-hydroxylation sites is 1. The summed E-state index contributed by atoms with van der Waals surface area (Å²) in [6, 6.07) is 9.87. The lowest BCUT2D eigenvalue weighted by atomic mass is 10.1. The van der Waals surface area contributed by atoms with Gasteiger partial charge in [0.05, 0.1) is 0 Å². The van der Waals surface area contributed by atoms with Crippen molar-refractivity contribution in [3.63, 3.8) is 0 Å². The molecule has 1 aromatic carbocycles.